The molecule has 248 valence electrons. The summed E-state index contributed by atoms with van der Waals surface area (Å²) in [5.74, 6) is -1.49. The smallest absolute Gasteiger partial charge is 0.397 e. The molecule has 5 N–H and O–H groups in total. The average Bonchev–Trinajstić information content (AvgIpc) is 2.95. The van der Waals surface area contributed by atoms with Crippen LogP contribution in [-0.2, 0) is 43.9 Å². The molecule has 0 amide bonds. The molecule has 0 fully saturated rings. The zero-order valence-corrected chi connectivity index (χ0v) is 27.0. The molecule has 0 saturated heterocycles. The zero-order valence-electron chi connectivity index (χ0n) is 23.0. The highest BCUT2D eigenvalue weighted by molar-refractivity contribution is 7.94. The molecule has 0 aliphatic heterocycles. The van der Waals surface area contributed by atoms with Gasteiger partial charge in [-0.25, -0.2) is 17.9 Å². The lowest BCUT2D eigenvalue weighted by Gasteiger charge is -2.22. The number of sulfone groups is 1. The molecule has 0 unspecified atom stereocenters. The van der Waals surface area contributed by atoms with Crippen LogP contribution in [0.1, 0.15) is 6.92 Å². The Hall–Kier alpha value is -3.42. The molecule has 0 spiro atoms. The Morgan fingerprint density at radius 3 is 2.37 bits per heavy atom. The maximum absolute atomic E-state index is 12.8. The Morgan fingerprint density at radius 1 is 0.978 bits per heavy atom. The zero-order chi connectivity index (χ0) is 33.9. The van der Waals surface area contributed by atoms with Crippen molar-refractivity contribution in [3.63, 3.8) is 0 Å². The molecule has 23 heteroatoms. The van der Waals surface area contributed by atoms with Crippen LogP contribution in [-0.4, -0.2) is 78.6 Å². The van der Waals surface area contributed by atoms with E-state index in [1.807, 2.05) is 0 Å². The third-order valence-electron chi connectivity index (χ3n) is 5.91. The van der Waals surface area contributed by atoms with Crippen molar-refractivity contribution < 1.29 is 58.3 Å². The summed E-state index contributed by atoms with van der Waals surface area (Å²) in [7, 11) is -13.7. The molecule has 46 heavy (non-hydrogen) atoms. The minimum absolute atomic E-state index is 0.0583. The van der Waals surface area contributed by atoms with Gasteiger partial charge in [-0.3, -0.25) is 9.11 Å². The largest absolute Gasteiger partial charge is 0.507 e. The number of aromatic hydroxyl groups is 1. The van der Waals surface area contributed by atoms with Crippen molar-refractivity contribution in [2.75, 3.05) is 29.1 Å². The summed E-state index contributed by atoms with van der Waals surface area (Å²) in [6.07, 6.45) is 0. The van der Waals surface area contributed by atoms with Gasteiger partial charge in [0.1, 0.15) is 5.75 Å². The predicted octanol–water partition coefficient (Wildman–Crippen LogP) is 3.55. The van der Waals surface area contributed by atoms with E-state index in [1.54, 1.807) is 6.92 Å². The van der Waals surface area contributed by atoms with E-state index in [0.29, 0.717) is 12.0 Å². The first-order chi connectivity index (χ1) is 21.5. The van der Waals surface area contributed by atoms with Crippen molar-refractivity contribution in [2.24, 2.45) is 0 Å². The molecule has 0 aliphatic carbocycles. The SMILES string of the molecule is CCN(c1cccc(S(=O)(=O)CCOS(=O)(=O)O)c1)c1nc(Cl)nc(Nc2cc(S(=O)(=O)O)cc3cc(SOOO)cc(O)c23)n1. The van der Waals surface area contributed by atoms with Gasteiger partial charge in [0.25, 0.3) is 10.1 Å². The second-order valence-electron chi connectivity index (χ2n) is 8.88. The molecule has 1 heterocycles. The summed E-state index contributed by atoms with van der Waals surface area (Å²) in [6.45, 7) is 1.03. The number of anilines is 4. The van der Waals surface area contributed by atoms with E-state index in [-0.39, 0.29) is 61.4 Å². The average molecular weight is 740 g/mol. The van der Waals surface area contributed by atoms with Gasteiger partial charge in [0.2, 0.25) is 17.2 Å². The molecule has 4 rings (SSSR count). The Bertz CT molecular complexity index is 2100. The van der Waals surface area contributed by atoms with Gasteiger partial charge in [0.05, 0.1) is 39.9 Å². The third kappa shape index (κ3) is 8.89. The van der Waals surface area contributed by atoms with Crippen LogP contribution in [0.5, 0.6) is 5.75 Å². The van der Waals surface area contributed by atoms with Gasteiger partial charge in [-0.05, 0) is 66.4 Å². The summed E-state index contributed by atoms with van der Waals surface area (Å²) in [6, 6.07) is 10.1. The van der Waals surface area contributed by atoms with Gasteiger partial charge in [-0.1, -0.05) is 11.1 Å². The fourth-order valence-corrected chi connectivity index (χ4v) is 6.74. The monoisotopic (exact) mass is 739 g/mol. The molecule has 1 aromatic heterocycles. The fourth-order valence-electron chi connectivity index (χ4n) is 4.08. The highest BCUT2D eigenvalue weighted by Crippen LogP contribution is 2.39. The van der Waals surface area contributed by atoms with E-state index in [4.69, 9.17) is 21.4 Å². The Kier molecular flexibility index (Phi) is 10.9. The number of benzene rings is 3. The maximum atomic E-state index is 12.8. The Balaban J connectivity index is 1.73. The first-order valence-corrected chi connectivity index (χ1v) is 17.9. The number of halogens is 1. The van der Waals surface area contributed by atoms with Crippen LogP contribution < -0.4 is 10.2 Å². The van der Waals surface area contributed by atoms with Gasteiger partial charge < -0.3 is 15.3 Å². The standard InChI is InChI=1S/C23H22ClN5O13S4/c1-2-29(14-4-3-5-16(10-14)44(32,33)7-6-40-46(37,38)39)23-27-21(24)26-22(28-23)25-18-12-17(45(34,35)36)9-13-8-15(43-42-41-31)11-19(30)20(13)18/h3-5,8-12,30-31H,2,6-7H2,1H3,(H,34,35,36)(H,37,38,39)(H,25,26,27,28). The molecular weight excluding hydrogens is 718 g/mol. The van der Waals surface area contributed by atoms with Gasteiger partial charge in [-0.15, -0.1) is 4.33 Å². The summed E-state index contributed by atoms with van der Waals surface area (Å²) < 4.78 is 98.1. The second-order valence-corrected chi connectivity index (χ2v) is 14.6. The lowest BCUT2D eigenvalue weighted by atomic mass is 10.1. The fraction of sp³-hybridized carbons (Fsp3) is 0.174. The molecule has 18 nitrogen and oxygen atoms in total. The number of fused-ring (bicyclic) bond motifs is 1. The first-order valence-electron chi connectivity index (χ1n) is 12.3. The summed E-state index contributed by atoms with van der Waals surface area (Å²) in [4.78, 5) is 13.3. The maximum Gasteiger partial charge on any atom is 0.397 e. The van der Waals surface area contributed by atoms with E-state index in [0.717, 1.165) is 12.1 Å². The van der Waals surface area contributed by atoms with Crippen LogP contribution in [0.25, 0.3) is 10.8 Å². The van der Waals surface area contributed by atoms with Gasteiger partial charge >= 0.3 is 10.4 Å². The van der Waals surface area contributed by atoms with Crippen molar-refractivity contribution >= 4 is 88.0 Å². The van der Waals surface area contributed by atoms with Crippen LogP contribution in [0.3, 0.4) is 0 Å². The van der Waals surface area contributed by atoms with E-state index in [2.05, 4.69) is 33.8 Å². The number of phenols is 1. The lowest BCUT2D eigenvalue weighted by molar-refractivity contribution is -0.432. The summed E-state index contributed by atoms with van der Waals surface area (Å²) >= 11 is 6.67. The van der Waals surface area contributed by atoms with E-state index >= 15 is 0 Å². The molecule has 0 aliphatic rings. The van der Waals surface area contributed by atoms with Crippen LogP contribution >= 0.6 is 23.6 Å². The van der Waals surface area contributed by atoms with E-state index in [9.17, 15) is 34.9 Å². The van der Waals surface area contributed by atoms with Crippen LogP contribution in [0, 0.1) is 0 Å². The first kappa shape index (κ1) is 35.4. The number of aromatic nitrogens is 3. The van der Waals surface area contributed by atoms with Gasteiger partial charge in [0.15, 0.2) is 9.84 Å². The number of hydrogen-bond donors (Lipinski definition) is 5. The highest BCUT2D eigenvalue weighted by atomic mass is 35.5. The van der Waals surface area contributed by atoms with Crippen LogP contribution in [0.4, 0.5) is 23.3 Å². The van der Waals surface area contributed by atoms with E-state index in [1.165, 1.54) is 41.3 Å². The predicted molar refractivity (Wildman–Crippen MR) is 163 cm³/mol. The Labute approximate surface area is 270 Å². The number of rotatable bonds is 14. The minimum Gasteiger partial charge on any atom is -0.507 e. The normalized spacial score (nSPS) is 12.4. The third-order valence-corrected chi connectivity index (χ3v) is 9.61. The van der Waals surface area contributed by atoms with Crippen LogP contribution in [0.2, 0.25) is 5.28 Å². The summed E-state index contributed by atoms with van der Waals surface area (Å²) in [5.41, 5.74) is 0.179. The van der Waals surface area contributed by atoms with Crippen molar-refractivity contribution in [1.29, 1.82) is 0 Å². The number of nitrogens with one attached hydrogen (secondary N) is 1. The number of hydrogen-bond acceptors (Lipinski definition) is 17. The number of phenolic OH excluding ortho intramolecular Hbond substituents is 1. The molecule has 4 aromatic rings. The topological polar surface area (TPSA) is 265 Å². The quantitative estimate of drug-likeness (QED) is 0.0535. The van der Waals surface area contributed by atoms with E-state index < -0.39 is 47.6 Å². The van der Waals surface area contributed by atoms with Crippen molar-refractivity contribution in [3.8, 4) is 5.75 Å². The minimum atomic E-state index is -4.84. The molecule has 0 radical (unpaired) electrons. The molecule has 0 saturated carbocycles. The van der Waals surface area contributed by atoms with Crippen molar-refractivity contribution in [2.45, 2.75) is 21.6 Å². The van der Waals surface area contributed by atoms with Crippen LogP contribution in [0.15, 0.2) is 63.2 Å². The van der Waals surface area contributed by atoms with Crippen molar-refractivity contribution in [3.05, 3.63) is 53.8 Å². The summed E-state index contributed by atoms with van der Waals surface area (Å²) in [5, 5.41) is 25.3. The van der Waals surface area contributed by atoms with Gasteiger partial charge in [0, 0.05) is 22.5 Å². The molecule has 0 atom stereocenters. The second kappa shape index (κ2) is 14.1. The number of nitrogens with zero attached hydrogens (tertiary/aromatic N) is 4. The Morgan fingerprint density at radius 2 is 1.72 bits per heavy atom. The molecule has 0 bridgehead atoms. The van der Waals surface area contributed by atoms with Crippen molar-refractivity contribution in [1.82, 2.24) is 15.0 Å². The molecule has 3 aromatic carbocycles. The highest BCUT2D eigenvalue weighted by Gasteiger charge is 2.22. The lowest BCUT2D eigenvalue weighted by Crippen LogP contribution is -2.21. The molecular formula is C23H22ClN5O13S4. The van der Waals surface area contributed by atoms with Gasteiger partial charge in [-0.2, -0.15) is 31.8 Å².